The van der Waals surface area contributed by atoms with Crippen LogP contribution < -0.4 is 20.8 Å². The fourth-order valence-electron chi connectivity index (χ4n) is 2.61. The second-order valence-electron chi connectivity index (χ2n) is 7.57. The molecule has 0 spiro atoms. The van der Waals surface area contributed by atoms with Crippen LogP contribution in [-0.2, 0) is 19.1 Å². The zero-order valence-corrected chi connectivity index (χ0v) is 20.1. The van der Waals surface area contributed by atoms with Gasteiger partial charge in [0.2, 0.25) is 0 Å². The quantitative estimate of drug-likeness (QED) is 0.194. The predicted octanol–water partition coefficient (Wildman–Crippen LogP) is 3.05. The molecule has 3 N–H and O–H groups in total. The Bertz CT molecular complexity index is 1030. The Hall–Kier alpha value is -3.43. The van der Waals surface area contributed by atoms with Gasteiger partial charge in [0.1, 0.15) is 5.75 Å². The van der Waals surface area contributed by atoms with Gasteiger partial charge in [0.05, 0.1) is 12.3 Å². The maximum atomic E-state index is 12.2. The highest BCUT2D eigenvalue weighted by atomic mass is 35.5. The third-order valence-electron chi connectivity index (χ3n) is 4.37. The molecule has 0 saturated heterocycles. The molecule has 0 fully saturated rings. The van der Waals surface area contributed by atoms with Gasteiger partial charge in [-0.3, -0.25) is 14.4 Å². The number of amides is 3. The molecule has 0 aliphatic rings. The van der Waals surface area contributed by atoms with Gasteiger partial charge < -0.3 is 20.1 Å². The molecule has 2 rings (SSSR count). The molecule has 0 bridgehead atoms. The molecule has 3 amide bonds. The van der Waals surface area contributed by atoms with Gasteiger partial charge in [-0.25, -0.2) is 5.43 Å². The van der Waals surface area contributed by atoms with Crippen LogP contribution in [0.2, 0.25) is 5.02 Å². The van der Waals surface area contributed by atoms with Gasteiger partial charge >= 0.3 is 11.8 Å². The van der Waals surface area contributed by atoms with Crippen molar-refractivity contribution < 1.29 is 23.9 Å². The highest BCUT2D eigenvalue weighted by Crippen LogP contribution is 2.20. The number of carbonyl (C=O) groups is 3. The van der Waals surface area contributed by atoms with Crippen LogP contribution in [0, 0.1) is 6.92 Å². The van der Waals surface area contributed by atoms with Crippen molar-refractivity contribution in [2.45, 2.75) is 33.3 Å². The fraction of sp³-hybridized carbons (Fsp3) is 0.333. The highest BCUT2D eigenvalue weighted by Gasteiger charge is 2.12. The Morgan fingerprint density at radius 1 is 1.12 bits per heavy atom. The minimum absolute atomic E-state index is 0.113. The maximum absolute atomic E-state index is 12.2. The average Bonchev–Trinajstić information content (AvgIpc) is 2.80. The van der Waals surface area contributed by atoms with Crippen LogP contribution in [0.5, 0.6) is 5.75 Å². The summed E-state index contributed by atoms with van der Waals surface area (Å²) >= 11 is 6.07. The largest absolute Gasteiger partial charge is 0.483 e. The van der Waals surface area contributed by atoms with E-state index in [4.69, 9.17) is 21.1 Å². The second-order valence-corrected chi connectivity index (χ2v) is 7.97. The van der Waals surface area contributed by atoms with Crippen LogP contribution in [0.3, 0.4) is 0 Å². The normalized spacial score (nSPS) is 10.9. The van der Waals surface area contributed by atoms with Gasteiger partial charge in [-0.1, -0.05) is 29.8 Å². The first-order chi connectivity index (χ1) is 16.3. The smallest absolute Gasteiger partial charge is 0.329 e. The lowest BCUT2D eigenvalue weighted by atomic mass is 10.2. The molecule has 10 heteroatoms. The molecule has 9 nitrogen and oxygen atoms in total. The summed E-state index contributed by atoms with van der Waals surface area (Å²) in [5, 5.41) is 9.55. The van der Waals surface area contributed by atoms with Gasteiger partial charge in [0.25, 0.3) is 5.91 Å². The summed E-state index contributed by atoms with van der Waals surface area (Å²) in [7, 11) is 0. The Labute approximate surface area is 203 Å². The van der Waals surface area contributed by atoms with Crippen molar-refractivity contribution >= 4 is 41.2 Å². The number of rotatable bonds is 11. The van der Waals surface area contributed by atoms with Crippen molar-refractivity contribution in [3.63, 3.8) is 0 Å². The van der Waals surface area contributed by atoms with E-state index >= 15 is 0 Å². The van der Waals surface area contributed by atoms with Gasteiger partial charge in [-0.2, -0.15) is 5.10 Å². The molecule has 2 aromatic carbocycles. The standard InChI is InChI=1S/C24H29ClN4O5/c1-16(2)33-12-6-11-26-23(31)24(32)29-27-14-18-7-4-5-8-21(18)34-15-22(30)28-19-10-9-17(3)20(25)13-19/h4-5,7-10,13-14,16H,6,11-12,15H2,1-3H3,(H,26,31)(H,28,30)(H,29,32)/b27-14-. The van der Waals surface area contributed by atoms with E-state index in [-0.39, 0.29) is 18.6 Å². The number of para-hydroxylation sites is 1. The third kappa shape index (κ3) is 9.60. The number of hydrogen-bond donors (Lipinski definition) is 3. The lowest BCUT2D eigenvalue weighted by Crippen LogP contribution is -2.38. The minimum atomic E-state index is -0.893. The van der Waals surface area contributed by atoms with Crippen molar-refractivity contribution in [3.8, 4) is 5.75 Å². The predicted molar refractivity (Wildman–Crippen MR) is 131 cm³/mol. The first kappa shape index (κ1) is 26.8. The summed E-state index contributed by atoms with van der Waals surface area (Å²) in [6.45, 7) is 6.27. The van der Waals surface area contributed by atoms with E-state index in [0.717, 1.165) is 5.56 Å². The van der Waals surface area contributed by atoms with Crippen molar-refractivity contribution in [2.24, 2.45) is 5.10 Å². The molecule has 182 valence electrons. The van der Waals surface area contributed by atoms with Crippen LogP contribution in [0.15, 0.2) is 47.6 Å². The van der Waals surface area contributed by atoms with E-state index in [2.05, 4.69) is 21.2 Å². The molecule has 2 aromatic rings. The molecule has 0 heterocycles. The van der Waals surface area contributed by atoms with Crippen molar-refractivity contribution in [1.29, 1.82) is 0 Å². The number of nitrogens with one attached hydrogen (secondary N) is 3. The molecule has 0 radical (unpaired) electrons. The van der Waals surface area contributed by atoms with Crippen LogP contribution in [0.25, 0.3) is 0 Å². The first-order valence-electron chi connectivity index (χ1n) is 10.8. The third-order valence-corrected chi connectivity index (χ3v) is 4.77. The van der Waals surface area contributed by atoms with E-state index < -0.39 is 11.8 Å². The summed E-state index contributed by atoms with van der Waals surface area (Å²) in [6, 6.07) is 12.0. The van der Waals surface area contributed by atoms with Gasteiger partial charge in [-0.15, -0.1) is 0 Å². The van der Waals surface area contributed by atoms with Crippen LogP contribution in [-0.4, -0.2) is 49.8 Å². The minimum Gasteiger partial charge on any atom is -0.483 e. The zero-order chi connectivity index (χ0) is 24.9. The summed E-state index contributed by atoms with van der Waals surface area (Å²) in [5.74, 6) is -1.67. The van der Waals surface area contributed by atoms with E-state index in [1.807, 2.05) is 20.8 Å². The Balaban J connectivity index is 1.81. The number of hydrazone groups is 1. The molecule has 0 aliphatic carbocycles. The molecule has 0 aliphatic heterocycles. The summed E-state index contributed by atoms with van der Waals surface area (Å²) in [4.78, 5) is 35.9. The van der Waals surface area contributed by atoms with Crippen molar-refractivity contribution in [2.75, 3.05) is 25.1 Å². The SMILES string of the molecule is Cc1ccc(NC(=O)COc2ccccc2/C=N\NC(=O)C(=O)NCCCOC(C)C)cc1Cl. The van der Waals surface area contributed by atoms with Crippen LogP contribution in [0.1, 0.15) is 31.4 Å². The Morgan fingerprint density at radius 3 is 2.62 bits per heavy atom. The van der Waals surface area contributed by atoms with Crippen molar-refractivity contribution in [1.82, 2.24) is 10.7 Å². The van der Waals surface area contributed by atoms with E-state index in [9.17, 15) is 14.4 Å². The number of nitrogens with zero attached hydrogens (tertiary/aromatic N) is 1. The summed E-state index contributed by atoms with van der Waals surface area (Å²) in [5.41, 5.74) is 4.15. The lowest BCUT2D eigenvalue weighted by Gasteiger charge is -2.10. The summed E-state index contributed by atoms with van der Waals surface area (Å²) < 4.78 is 10.9. The fourth-order valence-corrected chi connectivity index (χ4v) is 2.79. The highest BCUT2D eigenvalue weighted by molar-refractivity contribution is 6.35. The Morgan fingerprint density at radius 2 is 1.88 bits per heavy atom. The molecule has 0 aromatic heterocycles. The van der Waals surface area contributed by atoms with Crippen LogP contribution in [0.4, 0.5) is 5.69 Å². The molecule has 34 heavy (non-hydrogen) atoms. The summed E-state index contributed by atoms with van der Waals surface area (Å²) in [6.07, 6.45) is 2.03. The maximum Gasteiger partial charge on any atom is 0.329 e. The molecule has 0 atom stereocenters. The van der Waals surface area contributed by atoms with Gasteiger partial charge in [-0.05, 0) is 57.0 Å². The van der Waals surface area contributed by atoms with Crippen LogP contribution >= 0.6 is 11.6 Å². The van der Waals surface area contributed by atoms with E-state index in [0.29, 0.717) is 41.6 Å². The topological polar surface area (TPSA) is 118 Å². The Kier molecular flexibility index (Phi) is 11.0. The molecule has 0 saturated carbocycles. The number of anilines is 1. The second kappa shape index (κ2) is 14.0. The number of aryl methyl sites for hydroxylation is 1. The molecular formula is C24H29ClN4O5. The monoisotopic (exact) mass is 488 g/mol. The number of halogens is 1. The molecular weight excluding hydrogens is 460 g/mol. The lowest BCUT2D eigenvalue weighted by molar-refractivity contribution is -0.139. The van der Waals surface area contributed by atoms with Gasteiger partial charge in [0.15, 0.2) is 6.61 Å². The average molecular weight is 489 g/mol. The number of ether oxygens (including phenoxy) is 2. The molecule has 0 unspecified atom stereocenters. The number of benzene rings is 2. The van der Waals surface area contributed by atoms with Crippen molar-refractivity contribution in [3.05, 3.63) is 58.6 Å². The number of carbonyl (C=O) groups excluding carboxylic acids is 3. The van der Waals surface area contributed by atoms with E-state index in [1.54, 1.807) is 42.5 Å². The number of hydrogen-bond acceptors (Lipinski definition) is 6. The van der Waals surface area contributed by atoms with Gasteiger partial charge in [0, 0.05) is 29.4 Å². The first-order valence-corrected chi connectivity index (χ1v) is 11.1. The van der Waals surface area contributed by atoms with E-state index in [1.165, 1.54) is 6.21 Å². The zero-order valence-electron chi connectivity index (χ0n) is 19.4.